The van der Waals surface area contributed by atoms with Gasteiger partial charge < -0.3 is 5.32 Å². The van der Waals surface area contributed by atoms with Crippen LogP contribution >= 0.6 is 0 Å². The van der Waals surface area contributed by atoms with E-state index in [1.807, 2.05) is 0 Å². The molecule has 2 heteroatoms. The second-order valence-corrected chi connectivity index (χ2v) is 2.28. The molecule has 9 heavy (non-hydrogen) atoms. The fourth-order valence-corrected chi connectivity index (χ4v) is 1.23. The monoisotopic (exact) mass is 290 g/mol. The normalized spacial score (nSPS) is 22.2. The molecule has 2 aliphatic rings. The molecule has 0 saturated carbocycles. The summed E-state index contributed by atoms with van der Waals surface area (Å²) in [5.41, 5.74) is 3.02. The molecule has 0 bridgehead atoms. The van der Waals surface area contributed by atoms with Crippen molar-refractivity contribution in [3.8, 4) is 0 Å². The zero-order valence-electron chi connectivity index (χ0n) is 5.13. The summed E-state index contributed by atoms with van der Waals surface area (Å²) in [4.78, 5) is 0. The van der Waals surface area contributed by atoms with Crippen molar-refractivity contribution >= 4 is 0 Å². The van der Waals surface area contributed by atoms with E-state index in [0.29, 0.717) is 0 Å². The molecule has 0 amide bonds. The summed E-state index contributed by atoms with van der Waals surface area (Å²) >= 11 is 0. The van der Waals surface area contributed by atoms with Crippen molar-refractivity contribution in [3.05, 3.63) is 28.6 Å². The first kappa shape index (κ1) is 7.24. The molecule has 48 valence electrons. The fraction of sp³-hybridized carbons (Fsp3) is 0.429. The van der Waals surface area contributed by atoms with Crippen LogP contribution in [0.5, 0.6) is 0 Å². The third-order valence-electron chi connectivity index (χ3n) is 1.72. The summed E-state index contributed by atoms with van der Waals surface area (Å²) in [6.07, 6.45) is 5.59. The molecule has 0 unspecified atom stereocenters. The maximum absolute atomic E-state index is 4.24. The van der Waals surface area contributed by atoms with Gasteiger partial charge in [0, 0.05) is 21.1 Å². The van der Waals surface area contributed by atoms with Crippen molar-refractivity contribution < 1.29 is 21.1 Å². The van der Waals surface area contributed by atoms with Gasteiger partial charge in [-0.05, 0) is 6.42 Å². The molecule has 1 heterocycles. The summed E-state index contributed by atoms with van der Waals surface area (Å²) in [6.45, 7) is 1.98. The third-order valence-corrected chi connectivity index (χ3v) is 1.72. The van der Waals surface area contributed by atoms with Gasteiger partial charge in [0.2, 0.25) is 0 Å². The number of nitrogens with zero attached hydrogens (tertiary/aromatic N) is 1. The summed E-state index contributed by atoms with van der Waals surface area (Å²) in [6, 6.07) is 0. The van der Waals surface area contributed by atoms with Crippen molar-refractivity contribution in [2.75, 3.05) is 13.1 Å². The van der Waals surface area contributed by atoms with E-state index in [0.717, 1.165) is 13.1 Å². The van der Waals surface area contributed by atoms with Gasteiger partial charge in [-0.3, -0.25) is 0 Å². The Morgan fingerprint density at radius 3 is 3.00 bits per heavy atom. The average molecular weight is 290 g/mol. The van der Waals surface area contributed by atoms with E-state index in [2.05, 4.69) is 17.5 Å². The first-order valence-electron chi connectivity index (χ1n) is 2.97. The molecule has 2 rings (SSSR count). The van der Waals surface area contributed by atoms with Crippen LogP contribution in [0.1, 0.15) is 6.42 Å². The van der Waals surface area contributed by atoms with Gasteiger partial charge in [0.15, 0.2) is 0 Å². The largest absolute Gasteiger partial charge is 0.655 e. The Bertz CT molecular complexity index is 170. The van der Waals surface area contributed by atoms with Gasteiger partial charge in [0.05, 0.1) is 0 Å². The molecule has 0 N–H and O–H groups in total. The van der Waals surface area contributed by atoms with E-state index >= 15 is 0 Å². The van der Waals surface area contributed by atoms with Gasteiger partial charge in [-0.2, -0.15) is 0 Å². The van der Waals surface area contributed by atoms with Crippen molar-refractivity contribution in [1.29, 1.82) is 0 Å². The average Bonchev–Trinajstić information content (AvgIpc) is 2.15. The minimum Gasteiger partial charge on any atom is -0.655 e. The van der Waals surface area contributed by atoms with Gasteiger partial charge in [0.1, 0.15) is 0 Å². The number of hydrogen-bond acceptors (Lipinski definition) is 0. The van der Waals surface area contributed by atoms with Crippen LogP contribution < -0.4 is 0 Å². The molecule has 0 atom stereocenters. The number of rotatable bonds is 0. The summed E-state index contributed by atoms with van der Waals surface area (Å²) in [7, 11) is 0. The van der Waals surface area contributed by atoms with E-state index < -0.39 is 0 Å². The van der Waals surface area contributed by atoms with Crippen LogP contribution in [0.4, 0.5) is 0 Å². The molecule has 1 aliphatic heterocycles. The van der Waals surface area contributed by atoms with E-state index in [9.17, 15) is 0 Å². The number of allylic oxidation sites excluding steroid dienone is 1. The summed E-state index contributed by atoms with van der Waals surface area (Å²) in [5, 5.41) is 4.24. The molecule has 1 nitrogen and oxygen atoms in total. The van der Waals surface area contributed by atoms with Crippen molar-refractivity contribution in [1.82, 2.24) is 0 Å². The molecular formula is C7H8NW-. The Kier molecular flexibility index (Phi) is 2.26. The third kappa shape index (κ3) is 1.17. The SMILES string of the molecule is C1=CC2=C(C1)C[N-]C2.[W]. The van der Waals surface area contributed by atoms with Gasteiger partial charge in [-0.1, -0.05) is 23.3 Å². The van der Waals surface area contributed by atoms with Gasteiger partial charge >= 0.3 is 0 Å². The van der Waals surface area contributed by atoms with Gasteiger partial charge in [0.25, 0.3) is 0 Å². The van der Waals surface area contributed by atoms with Crippen molar-refractivity contribution in [2.24, 2.45) is 0 Å². The fourth-order valence-electron chi connectivity index (χ4n) is 1.23. The van der Waals surface area contributed by atoms with Crippen molar-refractivity contribution in [2.45, 2.75) is 6.42 Å². The van der Waals surface area contributed by atoms with Crippen LogP contribution in [0.25, 0.3) is 5.32 Å². The number of hydrogen-bond donors (Lipinski definition) is 0. The first-order chi connectivity index (χ1) is 3.97. The molecule has 0 fully saturated rings. The smallest absolute Gasteiger partial charge is 0 e. The van der Waals surface area contributed by atoms with Crippen LogP contribution in [0.15, 0.2) is 23.3 Å². The molecule has 0 spiro atoms. The molecule has 0 aromatic carbocycles. The predicted octanol–water partition coefficient (Wildman–Crippen LogP) is 1.63. The van der Waals surface area contributed by atoms with E-state index in [4.69, 9.17) is 0 Å². The molecule has 1 aliphatic carbocycles. The maximum Gasteiger partial charge on any atom is 0 e. The molecule has 0 saturated heterocycles. The van der Waals surface area contributed by atoms with E-state index in [-0.39, 0.29) is 21.1 Å². The zero-order valence-corrected chi connectivity index (χ0v) is 8.06. The summed E-state index contributed by atoms with van der Waals surface area (Å²) in [5.74, 6) is 0. The summed E-state index contributed by atoms with van der Waals surface area (Å²) < 4.78 is 0. The Balaban J connectivity index is 0.000000405. The van der Waals surface area contributed by atoms with Crippen LogP contribution in [0, 0.1) is 0 Å². The quantitative estimate of drug-likeness (QED) is 0.644. The Morgan fingerprint density at radius 1 is 1.33 bits per heavy atom. The second-order valence-electron chi connectivity index (χ2n) is 2.28. The first-order valence-corrected chi connectivity index (χ1v) is 2.97. The molecule has 0 radical (unpaired) electrons. The van der Waals surface area contributed by atoms with Crippen LogP contribution in [0.3, 0.4) is 0 Å². The minimum absolute atomic E-state index is 0. The Labute approximate surface area is 69.5 Å². The molecule has 0 aromatic heterocycles. The van der Waals surface area contributed by atoms with Gasteiger partial charge in [-0.15, -0.1) is 13.1 Å². The molecule has 0 aromatic rings. The second kappa shape index (κ2) is 2.81. The van der Waals surface area contributed by atoms with Gasteiger partial charge in [-0.25, -0.2) is 0 Å². The predicted molar refractivity (Wildman–Crippen MR) is 33.9 cm³/mol. The van der Waals surface area contributed by atoms with Crippen LogP contribution in [0.2, 0.25) is 0 Å². The van der Waals surface area contributed by atoms with Crippen LogP contribution in [-0.4, -0.2) is 13.1 Å². The minimum atomic E-state index is 0. The Morgan fingerprint density at radius 2 is 2.22 bits per heavy atom. The Hall–Kier alpha value is 0.128. The van der Waals surface area contributed by atoms with Crippen molar-refractivity contribution in [3.63, 3.8) is 0 Å². The zero-order chi connectivity index (χ0) is 5.40. The standard InChI is InChI=1S/C7H8N.W/c1-2-6-4-8-5-7(6)3-1;/h1-2H,3-5H2;/q-1;. The van der Waals surface area contributed by atoms with Crippen LogP contribution in [-0.2, 0) is 21.1 Å². The topological polar surface area (TPSA) is 14.1 Å². The molecular weight excluding hydrogens is 282 g/mol. The maximum atomic E-state index is 4.24. The van der Waals surface area contributed by atoms with E-state index in [1.165, 1.54) is 12.0 Å². The van der Waals surface area contributed by atoms with E-state index in [1.54, 1.807) is 5.57 Å².